The Morgan fingerprint density at radius 3 is 2.19 bits per heavy atom. The monoisotopic (exact) mass is 494 g/mol. The molecule has 0 amide bonds. The molecule has 0 spiro atoms. The minimum absolute atomic E-state index is 0.0263. The number of esters is 3. The van der Waals surface area contributed by atoms with Crippen LogP contribution in [0.3, 0.4) is 0 Å². The van der Waals surface area contributed by atoms with E-state index in [4.69, 9.17) is 25.7 Å². The summed E-state index contributed by atoms with van der Waals surface area (Å²) in [5, 5.41) is 0. The van der Waals surface area contributed by atoms with Crippen LogP contribution in [0.25, 0.3) is 6.08 Å². The van der Waals surface area contributed by atoms with Gasteiger partial charge in [0.05, 0.1) is 24.7 Å². The van der Waals surface area contributed by atoms with Crippen molar-refractivity contribution < 1.29 is 28.6 Å². The molecule has 0 heterocycles. The van der Waals surface area contributed by atoms with Crippen LogP contribution >= 0.6 is 0 Å². The fourth-order valence-electron chi connectivity index (χ4n) is 4.14. The Morgan fingerprint density at radius 1 is 0.917 bits per heavy atom. The van der Waals surface area contributed by atoms with Crippen molar-refractivity contribution in [3.05, 3.63) is 59.7 Å². The maximum atomic E-state index is 12.4. The van der Waals surface area contributed by atoms with Gasteiger partial charge in [-0.25, -0.2) is 9.59 Å². The van der Waals surface area contributed by atoms with Crippen molar-refractivity contribution in [1.29, 1.82) is 0 Å². The number of nitrogen functional groups attached to an aromatic ring is 2. The number of carbonyl (C=O) groups is 3. The van der Waals surface area contributed by atoms with Crippen molar-refractivity contribution in [2.75, 3.05) is 24.7 Å². The summed E-state index contributed by atoms with van der Waals surface area (Å²) >= 11 is 0. The lowest BCUT2D eigenvalue weighted by atomic mass is 9.81. The summed E-state index contributed by atoms with van der Waals surface area (Å²) in [4.78, 5) is 36.4. The Labute approximate surface area is 211 Å². The standard InChI is InChI=1S/C28H34N2O6/c1-2-19-4-9-21(10-5-19)28(33)36-25-11-6-20(7-12-25)8-13-26(31)34-14-3-15-35-27(32)22-16-23(29)18-24(30)17-22/h6-8,11-13,16-19,21H,2-5,9-10,14-15,29-30H2,1H3. The first-order valence-electron chi connectivity index (χ1n) is 12.3. The van der Waals surface area contributed by atoms with Crippen LogP contribution in [0, 0.1) is 11.8 Å². The van der Waals surface area contributed by atoms with Gasteiger partial charge in [-0.05, 0) is 73.6 Å². The Hall–Kier alpha value is -3.81. The second kappa shape index (κ2) is 13.3. The van der Waals surface area contributed by atoms with Gasteiger partial charge in [0.15, 0.2) is 0 Å². The number of ether oxygens (including phenoxy) is 3. The first-order valence-corrected chi connectivity index (χ1v) is 12.3. The quantitative estimate of drug-likeness (QED) is 0.159. The molecule has 1 fully saturated rings. The average molecular weight is 495 g/mol. The number of anilines is 2. The van der Waals surface area contributed by atoms with Crippen molar-refractivity contribution in [2.24, 2.45) is 11.8 Å². The third-order valence-corrected chi connectivity index (χ3v) is 6.25. The predicted molar refractivity (Wildman–Crippen MR) is 138 cm³/mol. The van der Waals surface area contributed by atoms with Crippen molar-refractivity contribution in [3.63, 3.8) is 0 Å². The van der Waals surface area contributed by atoms with E-state index in [1.54, 1.807) is 36.4 Å². The van der Waals surface area contributed by atoms with Gasteiger partial charge in [-0.1, -0.05) is 25.5 Å². The summed E-state index contributed by atoms with van der Waals surface area (Å²) in [6.45, 7) is 2.38. The van der Waals surface area contributed by atoms with Gasteiger partial charge < -0.3 is 25.7 Å². The van der Waals surface area contributed by atoms with E-state index in [9.17, 15) is 14.4 Å². The lowest BCUT2D eigenvalue weighted by Crippen LogP contribution is -2.25. The van der Waals surface area contributed by atoms with Gasteiger partial charge >= 0.3 is 17.9 Å². The van der Waals surface area contributed by atoms with E-state index in [1.165, 1.54) is 24.6 Å². The number of hydrogen-bond acceptors (Lipinski definition) is 8. The minimum Gasteiger partial charge on any atom is -0.462 e. The number of carbonyl (C=O) groups excluding carboxylic acids is 3. The van der Waals surface area contributed by atoms with Crippen LogP contribution in [0.2, 0.25) is 0 Å². The fraction of sp³-hybridized carbons (Fsp3) is 0.393. The first kappa shape index (κ1) is 26.8. The van der Waals surface area contributed by atoms with Gasteiger partial charge in [-0.3, -0.25) is 4.79 Å². The second-order valence-electron chi connectivity index (χ2n) is 8.99. The Balaban J connectivity index is 1.34. The van der Waals surface area contributed by atoms with Crippen molar-refractivity contribution in [3.8, 4) is 5.75 Å². The lowest BCUT2D eigenvalue weighted by molar-refractivity contribution is -0.140. The molecule has 0 unspecified atom stereocenters. The summed E-state index contributed by atoms with van der Waals surface area (Å²) in [6, 6.07) is 11.5. The molecular formula is C28H34N2O6. The normalized spacial score (nSPS) is 17.5. The first-order chi connectivity index (χ1) is 17.3. The van der Waals surface area contributed by atoms with E-state index in [-0.39, 0.29) is 30.7 Å². The molecular weight excluding hydrogens is 460 g/mol. The van der Waals surface area contributed by atoms with Crippen LogP contribution in [0.15, 0.2) is 48.5 Å². The molecule has 36 heavy (non-hydrogen) atoms. The molecule has 0 atom stereocenters. The van der Waals surface area contributed by atoms with Crippen molar-refractivity contribution >= 4 is 35.4 Å². The van der Waals surface area contributed by atoms with Gasteiger partial charge in [0.1, 0.15) is 5.75 Å². The molecule has 1 aliphatic carbocycles. The van der Waals surface area contributed by atoms with Crippen LogP contribution in [-0.4, -0.2) is 31.1 Å². The predicted octanol–water partition coefficient (Wildman–Crippen LogP) is 4.78. The summed E-state index contributed by atoms with van der Waals surface area (Å²) < 4.78 is 15.8. The number of rotatable bonds is 10. The van der Waals surface area contributed by atoms with E-state index in [2.05, 4.69) is 6.92 Å². The van der Waals surface area contributed by atoms with E-state index in [1.807, 2.05) is 0 Å². The largest absolute Gasteiger partial charge is 0.462 e. The Morgan fingerprint density at radius 2 is 1.56 bits per heavy atom. The van der Waals surface area contributed by atoms with Gasteiger partial charge in [0, 0.05) is 23.9 Å². The highest BCUT2D eigenvalue weighted by Gasteiger charge is 2.26. The van der Waals surface area contributed by atoms with Crippen LogP contribution in [0.4, 0.5) is 11.4 Å². The third kappa shape index (κ3) is 8.45. The zero-order valence-electron chi connectivity index (χ0n) is 20.6. The highest BCUT2D eigenvalue weighted by Crippen LogP contribution is 2.31. The summed E-state index contributed by atoms with van der Waals surface area (Å²) in [5.74, 6) is -0.0283. The molecule has 4 N–H and O–H groups in total. The molecule has 2 aromatic rings. The lowest BCUT2D eigenvalue weighted by Gasteiger charge is -2.26. The Bertz CT molecular complexity index is 1050. The van der Waals surface area contributed by atoms with Crippen molar-refractivity contribution in [1.82, 2.24) is 0 Å². The summed E-state index contributed by atoms with van der Waals surface area (Å²) in [6.07, 6.45) is 8.39. The topological polar surface area (TPSA) is 131 Å². The third-order valence-electron chi connectivity index (χ3n) is 6.25. The SMILES string of the molecule is CCC1CCC(C(=O)Oc2ccc(C=CC(=O)OCCCOC(=O)c3cc(N)cc(N)c3)cc2)CC1. The zero-order chi connectivity index (χ0) is 25.9. The fourth-order valence-corrected chi connectivity index (χ4v) is 4.14. The molecule has 0 bridgehead atoms. The van der Waals surface area contributed by atoms with Crippen LogP contribution in [0.1, 0.15) is 61.4 Å². The second-order valence-corrected chi connectivity index (χ2v) is 8.99. The molecule has 1 saturated carbocycles. The highest BCUT2D eigenvalue weighted by atomic mass is 16.5. The van der Waals surface area contributed by atoms with Crippen LogP contribution < -0.4 is 16.2 Å². The number of nitrogens with two attached hydrogens (primary N) is 2. The number of benzene rings is 2. The Kier molecular flexibility index (Phi) is 9.92. The molecule has 3 rings (SSSR count). The highest BCUT2D eigenvalue weighted by molar-refractivity contribution is 5.91. The van der Waals surface area contributed by atoms with Crippen LogP contribution in [-0.2, 0) is 19.1 Å². The molecule has 0 radical (unpaired) electrons. The smallest absolute Gasteiger partial charge is 0.338 e. The van der Waals surface area contributed by atoms with Gasteiger partial charge in [0.2, 0.25) is 0 Å². The van der Waals surface area contributed by atoms with Gasteiger partial charge in [-0.2, -0.15) is 0 Å². The van der Waals surface area contributed by atoms with E-state index >= 15 is 0 Å². The van der Waals surface area contributed by atoms with E-state index < -0.39 is 11.9 Å². The van der Waals surface area contributed by atoms with E-state index in [0.717, 1.165) is 37.2 Å². The number of hydrogen-bond donors (Lipinski definition) is 2. The molecule has 8 nitrogen and oxygen atoms in total. The zero-order valence-corrected chi connectivity index (χ0v) is 20.6. The molecule has 192 valence electrons. The minimum atomic E-state index is -0.543. The van der Waals surface area contributed by atoms with Crippen molar-refractivity contribution in [2.45, 2.75) is 45.4 Å². The summed E-state index contributed by atoms with van der Waals surface area (Å²) in [5.41, 5.74) is 13.1. The van der Waals surface area contributed by atoms with Gasteiger partial charge in [-0.15, -0.1) is 0 Å². The molecule has 0 aromatic heterocycles. The molecule has 0 aliphatic heterocycles. The molecule has 0 saturated heterocycles. The maximum Gasteiger partial charge on any atom is 0.338 e. The van der Waals surface area contributed by atoms with E-state index in [0.29, 0.717) is 23.5 Å². The summed E-state index contributed by atoms with van der Waals surface area (Å²) in [7, 11) is 0. The maximum absolute atomic E-state index is 12.4. The van der Waals surface area contributed by atoms with Gasteiger partial charge in [0.25, 0.3) is 0 Å². The molecule has 1 aliphatic rings. The molecule has 8 heteroatoms. The molecule has 2 aromatic carbocycles. The van der Waals surface area contributed by atoms with Crippen LogP contribution in [0.5, 0.6) is 5.75 Å². The average Bonchev–Trinajstić information content (AvgIpc) is 2.87.